The maximum absolute atomic E-state index is 12.9. The van der Waals surface area contributed by atoms with Crippen LogP contribution in [0.3, 0.4) is 0 Å². The number of rotatable bonds is 2. The molecule has 0 aliphatic carbocycles. The molecule has 122 valence electrons. The molecule has 0 bridgehead atoms. The topological polar surface area (TPSA) is 54.8 Å². The van der Waals surface area contributed by atoms with E-state index < -0.39 is 11.9 Å². The molecule has 23 heavy (non-hydrogen) atoms. The SMILES string of the molecule is Cc1cc(C(F)(F)F)nc(N2CCC(c3ccnnc3)CC2)n1. The van der Waals surface area contributed by atoms with Crippen molar-refractivity contribution in [3.63, 3.8) is 0 Å². The smallest absolute Gasteiger partial charge is 0.341 e. The lowest BCUT2D eigenvalue weighted by Gasteiger charge is -2.32. The predicted octanol–water partition coefficient (Wildman–Crippen LogP) is 2.98. The molecule has 8 heteroatoms. The molecule has 1 fully saturated rings. The summed E-state index contributed by atoms with van der Waals surface area (Å²) in [4.78, 5) is 9.67. The number of hydrogen-bond donors (Lipinski definition) is 0. The summed E-state index contributed by atoms with van der Waals surface area (Å²) in [6.45, 7) is 2.79. The fraction of sp³-hybridized carbons (Fsp3) is 0.467. The summed E-state index contributed by atoms with van der Waals surface area (Å²) in [6.07, 6.45) is 0.588. The van der Waals surface area contributed by atoms with Crippen molar-refractivity contribution >= 4 is 5.95 Å². The Labute approximate surface area is 131 Å². The number of hydrogen-bond acceptors (Lipinski definition) is 5. The van der Waals surface area contributed by atoms with Crippen molar-refractivity contribution in [3.05, 3.63) is 41.5 Å². The molecule has 0 N–H and O–H groups in total. The van der Waals surface area contributed by atoms with E-state index in [2.05, 4.69) is 20.2 Å². The molecule has 0 atom stereocenters. The monoisotopic (exact) mass is 323 g/mol. The molecule has 2 aromatic rings. The molecule has 1 saturated heterocycles. The quantitative estimate of drug-likeness (QED) is 0.850. The van der Waals surface area contributed by atoms with E-state index in [0.29, 0.717) is 24.7 Å². The first-order valence-corrected chi connectivity index (χ1v) is 7.38. The summed E-state index contributed by atoms with van der Waals surface area (Å²) in [5.74, 6) is 0.497. The maximum atomic E-state index is 12.9. The van der Waals surface area contributed by atoms with Gasteiger partial charge >= 0.3 is 6.18 Å². The number of alkyl halides is 3. The zero-order chi connectivity index (χ0) is 16.4. The zero-order valence-electron chi connectivity index (χ0n) is 12.6. The minimum Gasteiger partial charge on any atom is -0.341 e. The van der Waals surface area contributed by atoms with Crippen molar-refractivity contribution in [3.8, 4) is 0 Å². The Hall–Kier alpha value is -2.25. The van der Waals surface area contributed by atoms with Crippen LogP contribution in [0, 0.1) is 6.92 Å². The second kappa shape index (κ2) is 6.10. The van der Waals surface area contributed by atoms with Gasteiger partial charge in [0.15, 0.2) is 0 Å². The first-order valence-electron chi connectivity index (χ1n) is 7.38. The molecule has 0 aromatic carbocycles. The number of anilines is 1. The van der Waals surface area contributed by atoms with Crippen LogP contribution in [-0.2, 0) is 6.18 Å². The first-order chi connectivity index (χ1) is 10.9. The van der Waals surface area contributed by atoms with E-state index in [1.54, 1.807) is 19.3 Å². The molecule has 0 unspecified atom stereocenters. The first kappa shape index (κ1) is 15.6. The average molecular weight is 323 g/mol. The van der Waals surface area contributed by atoms with E-state index in [1.807, 2.05) is 11.0 Å². The van der Waals surface area contributed by atoms with Crippen molar-refractivity contribution < 1.29 is 13.2 Å². The summed E-state index contributed by atoms with van der Waals surface area (Å²) in [7, 11) is 0. The van der Waals surface area contributed by atoms with Crippen LogP contribution in [0.4, 0.5) is 19.1 Å². The second-order valence-electron chi connectivity index (χ2n) is 5.63. The van der Waals surface area contributed by atoms with Crippen molar-refractivity contribution in [2.75, 3.05) is 18.0 Å². The van der Waals surface area contributed by atoms with Crippen LogP contribution < -0.4 is 4.90 Å². The van der Waals surface area contributed by atoms with Crippen LogP contribution in [0.15, 0.2) is 24.5 Å². The zero-order valence-corrected chi connectivity index (χ0v) is 12.6. The van der Waals surface area contributed by atoms with Crippen LogP contribution in [-0.4, -0.2) is 33.3 Å². The molecule has 3 rings (SSSR count). The lowest BCUT2D eigenvalue weighted by molar-refractivity contribution is -0.141. The van der Waals surface area contributed by atoms with Gasteiger partial charge in [0.25, 0.3) is 0 Å². The molecular formula is C15H16F3N5. The number of nitrogens with zero attached hydrogens (tertiary/aromatic N) is 5. The lowest BCUT2D eigenvalue weighted by Crippen LogP contribution is -2.34. The van der Waals surface area contributed by atoms with Gasteiger partial charge in [0.1, 0.15) is 5.69 Å². The Bertz CT molecular complexity index is 667. The van der Waals surface area contributed by atoms with Gasteiger partial charge in [-0.1, -0.05) is 0 Å². The highest BCUT2D eigenvalue weighted by molar-refractivity contribution is 5.34. The largest absolute Gasteiger partial charge is 0.433 e. The molecular weight excluding hydrogens is 307 g/mol. The fourth-order valence-electron chi connectivity index (χ4n) is 2.79. The Balaban J connectivity index is 1.74. The Kier molecular flexibility index (Phi) is 4.14. The van der Waals surface area contributed by atoms with E-state index in [-0.39, 0.29) is 5.95 Å². The minimum absolute atomic E-state index is 0.156. The standard InChI is InChI=1S/C15H16F3N5/c1-10-8-13(15(16,17)18)22-14(21-10)23-6-3-11(4-7-23)12-2-5-19-20-9-12/h2,5,8-9,11H,3-4,6-7H2,1H3. The van der Waals surface area contributed by atoms with Gasteiger partial charge in [-0.2, -0.15) is 23.4 Å². The number of piperidine rings is 1. The van der Waals surface area contributed by atoms with Gasteiger partial charge in [-0.15, -0.1) is 0 Å². The van der Waals surface area contributed by atoms with Gasteiger partial charge in [-0.05, 0) is 43.4 Å². The van der Waals surface area contributed by atoms with E-state index in [9.17, 15) is 13.2 Å². The minimum atomic E-state index is -4.45. The third-order valence-electron chi connectivity index (χ3n) is 3.99. The van der Waals surface area contributed by atoms with Gasteiger partial charge in [0, 0.05) is 25.0 Å². The number of halogens is 3. The van der Waals surface area contributed by atoms with Gasteiger partial charge in [-0.3, -0.25) is 0 Å². The normalized spacial score (nSPS) is 16.6. The van der Waals surface area contributed by atoms with Crippen LogP contribution in [0.25, 0.3) is 0 Å². The van der Waals surface area contributed by atoms with E-state index >= 15 is 0 Å². The van der Waals surface area contributed by atoms with Gasteiger partial charge in [-0.25, -0.2) is 9.97 Å². The molecule has 0 spiro atoms. The van der Waals surface area contributed by atoms with Gasteiger partial charge in [0.05, 0.1) is 6.20 Å². The summed E-state index contributed by atoms with van der Waals surface area (Å²) < 4.78 is 38.6. The Morgan fingerprint density at radius 3 is 2.48 bits per heavy atom. The average Bonchev–Trinajstić information content (AvgIpc) is 2.54. The highest BCUT2D eigenvalue weighted by atomic mass is 19.4. The van der Waals surface area contributed by atoms with E-state index in [4.69, 9.17) is 0 Å². The summed E-state index contributed by atoms with van der Waals surface area (Å²) in [6, 6.07) is 2.90. The molecule has 2 aromatic heterocycles. The van der Waals surface area contributed by atoms with Gasteiger partial charge in [0.2, 0.25) is 5.95 Å². The Morgan fingerprint density at radius 2 is 1.87 bits per heavy atom. The lowest BCUT2D eigenvalue weighted by atomic mass is 9.91. The van der Waals surface area contributed by atoms with E-state index in [1.165, 1.54) is 0 Å². The molecule has 0 saturated carbocycles. The molecule has 0 amide bonds. The van der Waals surface area contributed by atoms with Crippen LogP contribution >= 0.6 is 0 Å². The van der Waals surface area contributed by atoms with Crippen LogP contribution in [0.1, 0.15) is 35.7 Å². The number of aryl methyl sites for hydroxylation is 1. The third kappa shape index (κ3) is 3.57. The molecule has 1 aliphatic rings. The van der Waals surface area contributed by atoms with Crippen LogP contribution in [0.2, 0.25) is 0 Å². The third-order valence-corrected chi connectivity index (χ3v) is 3.99. The van der Waals surface area contributed by atoms with Crippen molar-refractivity contribution in [1.29, 1.82) is 0 Å². The maximum Gasteiger partial charge on any atom is 0.433 e. The van der Waals surface area contributed by atoms with Crippen molar-refractivity contribution in [2.24, 2.45) is 0 Å². The number of aromatic nitrogens is 4. The molecule has 0 radical (unpaired) electrons. The van der Waals surface area contributed by atoms with Crippen molar-refractivity contribution in [2.45, 2.75) is 31.9 Å². The highest BCUT2D eigenvalue weighted by Crippen LogP contribution is 2.31. The molecule has 5 nitrogen and oxygen atoms in total. The van der Waals surface area contributed by atoms with Crippen molar-refractivity contribution in [1.82, 2.24) is 20.2 Å². The van der Waals surface area contributed by atoms with Gasteiger partial charge < -0.3 is 4.90 Å². The molecule has 3 heterocycles. The molecule has 1 aliphatic heterocycles. The Morgan fingerprint density at radius 1 is 1.13 bits per heavy atom. The summed E-state index contributed by atoms with van der Waals surface area (Å²) in [5.41, 5.74) is 0.545. The second-order valence-corrected chi connectivity index (χ2v) is 5.63. The van der Waals surface area contributed by atoms with Crippen LogP contribution in [0.5, 0.6) is 0 Å². The fourth-order valence-corrected chi connectivity index (χ4v) is 2.79. The summed E-state index contributed by atoms with van der Waals surface area (Å²) in [5, 5.41) is 7.63. The summed E-state index contributed by atoms with van der Waals surface area (Å²) >= 11 is 0. The van der Waals surface area contributed by atoms with E-state index in [0.717, 1.165) is 24.5 Å². The highest BCUT2D eigenvalue weighted by Gasteiger charge is 2.34. The predicted molar refractivity (Wildman–Crippen MR) is 78.0 cm³/mol.